The molecule has 6 heteroatoms. The summed E-state index contributed by atoms with van der Waals surface area (Å²) < 4.78 is 5.80. The minimum Gasteiger partial charge on any atom is -0.378 e. The van der Waals surface area contributed by atoms with E-state index >= 15 is 0 Å². The molecule has 1 saturated heterocycles. The average Bonchev–Trinajstić information content (AvgIpc) is 2.63. The van der Waals surface area contributed by atoms with E-state index in [1.165, 1.54) is 13.1 Å². The zero-order valence-corrected chi connectivity index (χ0v) is 17.3. The lowest BCUT2D eigenvalue weighted by Gasteiger charge is -2.37. The summed E-state index contributed by atoms with van der Waals surface area (Å²) in [5.41, 5.74) is 0. The van der Waals surface area contributed by atoms with Gasteiger partial charge in [-0.05, 0) is 32.7 Å². The third-order valence-electron chi connectivity index (χ3n) is 5.11. The molecule has 2 unspecified atom stereocenters. The topological polar surface area (TPSA) is 52.1 Å². The Labute approximate surface area is 155 Å². The van der Waals surface area contributed by atoms with Crippen LogP contribution in [-0.4, -0.2) is 87.4 Å². The molecule has 1 rings (SSSR count). The molecule has 2 atom stereocenters. The standard InChI is InChI=1S/C19H41N5O/c1-7-23-11-13-24(14-12-23)17(5)15-22-19(20-6)21-10-9-18(16(3)4)25-8-2/h16-18H,7-15H2,1-6H3,(H2,20,21,22). The van der Waals surface area contributed by atoms with Crippen LogP contribution in [0.25, 0.3) is 0 Å². The van der Waals surface area contributed by atoms with Gasteiger partial charge in [-0.15, -0.1) is 0 Å². The van der Waals surface area contributed by atoms with Crippen molar-refractivity contribution < 1.29 is 4.74 Å². The van der Waals surface area contributed by atoms with Crippen LogP contribution in [-0.2, 0) is 4.74 Å². The van der Waals surface area contributed by atoms with Crippen LogP contribution in [0.1, 0.15) is 41.0 Å². The molecule has 0 aromatic rings. The zero-order chi connectivity index (χ0) is 18.7. The zero-order valence-electron chi connectivity index (χ0n) is 17.3. The molecule has 0 aliphatic carbocycles. The molecule has 0 aromatic carbocycles. The Hall–Kier alpha value is -0.850. The van der Waals surface area contributed by atoms with E-state index in [0.29, 0.717) is 18.1 Å². The lowest BCUT2D eigenvalue weighted by atomic mass is 10.0. The second-order valence-electron chi connectivity index (χ2n) is 7.23. The number of likely N-dealkylation sites (N-methyl/N-ethyl adjacent to an activating group) is 1. The molecule has 0 radical (unpaired) electrons. The number of aliphatic imine (C=N–C) groups is 1. The summed E-state index contributed by atoms with van der Waals surface area (Å²) >= 11 is 0. The van der Waals surface area contributed by atoms with Crippen LogP contribution in [0, 0.1) is 5.92 Å². The van der Waals surface area contributed by atoms with E-state index in [1.54, 1.807) is 0 Å². The second-order valence-corrected chi connectivity index (χ2v) is 7.23. The number of nitrogens with one attached hydrogen (secondary N) is 2. The molecule has 0 spiro atoms. The highest BCUT2D eigenvalue weighted by Gasteiger charge is 2.20. The number of piperazine rings is 1. The minimum atomic E-state index is 0.310. The van der Waals surface area contributed by atoms with Gasteiger partial charge in [-0.3, -0.25) is 9.89 Å². The van der Waals surface area contributed by atoms with Crippen LogP contribution in [0.4, 0.5) is 0 Å². The van der Waals surface area contributed by atoms with Gasteiger partial charge in [0.1, 0.15) is 0 Å². The fourth-order valence-corrected chi connectivity index (χ4v) is 3.27. The predicted molar refractivity (Wildman–Crippen MR) is 107 cm³/mol. The number of rotatable bonds is 10. The van der Waals surface area contributed by atoms with Gasteiger partial charge in [-0.25, -0.2) is 0 Å². The van der Waals surface area contributed by atoms with Gasteiger partial charge >= 0.3 is 0 Å². The number of ether oxygens (including phenoxy) is 1. The van der Waals surface area contributed by atoms with Crippen molar-refractivity contribution in [2.75, 3.05) is 59.5 Å². The molecular formula is C19H41N5O. The third-order valence-corrected chi connectivity index (χ3v) is 5.11. The second kappa shape index (κ2) is 12.5. The van der Waals surface area contributed by atoms with Crippen molar-refractivity contribution in [3.63, 3.8) is 0 Å². The normalized spacial score (nSPS) is 19.9. The van der Waals surface area contributed by atoms with Crippen LogP contribution >= 0.6 is 0 Å². The highest BCUT2D eigenvalue weighted by Crippen LogP contribution is 2.10. The molecule has 0 saturated carbocycles. The van der Waals surface area contributed by atoms with Crippen LogP contribution in [0.5, 0.6) is 0 Å². The van der Waals surface area contributed by atoms with Gasteiger partial charge in [-0.2, -0.15) is 0 Å². The average molecular weight is 356 g/mol. The fraction of sp³-hybridized carbons (Fsp3) is 0.947. The van der Waals surface area contributed by atoms with E-state index in [0.717, 1.165) is 51.7 Å². The molecule has 2 N–H and O–H groups in total. The Bertz CT molecular complexity index is 367. The Morgan fingerprint density at radius 3 is 2.28 bits per heavy atom. The van der Waals surface area contributed by atoms with Gasteiger partial charge in [0.15, 0.2) is 5.96 Å². The number of nitrogens with zero attached hydrogens (tertiary/aromatic N) is 3. The SMILES string of the molecule is CCOC(CCNC(=NC)NCC(C)N1CCN(CC)CC1)C(C)C. The van der Waals surface area contributed by atoms with Gasteiger partial charge in [-0.1, -0.05) is 20.8 Å². The van der Waals surface area contributed by atoms with E-state index < -0.39 is 0 Å². The maximum atomic E-state index is 5.80. The van der Waals surface area contributed by atoms with Gasteiger partial charge in [0.25, 0.3) is 0 Å². The third kappa shape index (κ3) is 8.38. The molecule has 1 aliphatic rings. The van der Waals surface area contributed by atoms with Gasteiger partial charge in [0.2, 0.25) is 0 Å². The lowest BCUT2D eigenvalue weighted by molar-refractivity contribution is 0.0258. The van der Waals surface area contributed by atoms with Gasteiger partial charge < -0.3 is 20.3 Å². The maximum absolute atomic E-state index is 5.80. The molecule has 25 heavy (non-hydrogen) atoms. The van der Waals surface area contributed by atoms with E-state index in [4.69, 9.17) is 4.74 Å². The van der Waals surface area contributed by atoms with Gasteiger partial charge in [0.05, 0.1) is 6.10 Å². The smallest absolute Gasteiger partial charge is 0.191 e. The Balaban J connectivity index is 2.27. The molecule has 148 valence electrons. The van der Waals surface area contributed by atoms with Crippen molar-refractivity contribution in [1.82, 2.24) is 20.4 Å². The molecule has 1 fully saturated rings. The van der Waals surface area contributed by atoms with Crippen molar-refractivity contribution in [3.8, 4) is 0 Å². The summed E-state index contributed by atoms with van der Waals surface area (Å²) in [7, 11) is 1.84. The summed E-state index contributed by atoms with van der Waals surface area (Å²) in [6.07, 6.45) is 1.31. The molecule has 0 aromatic heterocycles. The Kier molecular flexibility index (Phi) is 11.1. The fourth-order valence-electron chi connectivity index (χ4n) is 3.27. The quantitative estimate of drug-likeness (QED) is 0.461. The molecule has 6 nitrogen and oxygen atoms in total. The van der Waals surface area contributed by atoms with Crippen molar-refractivity contribution in [2.24, 2.45) is 10.9 Å². The summed E-state index contributed by atoms with van der Waals surface area (Å²) in [6.45, 7) is 19.5. The van der Waals surface area contributed by atoms with Crippen LogP contribution in [0.15, 0.2) is 4.99 Å². The number of hydrogen-bond acceptors (Lipinski definition) is 4. The minimum absolute atomic E-state index is 0.310. The first-order valence-electron chi connectivity index (χ1n) is 10.0. The molecule has 0 amide bonds. The first kappa shape index (κ1) is 22.2. The van der Waals surface area contributed by atoms with Crippen LogP contribution in [0.2, 0.25) is 0 Å². The maximum Gasteiger partial charge on any atom is 0.191 e. The van der Waals surface area contributed by atoms with Crippen molar-refractivity contribution in [1.29, 1.82) is 0 Å². The number of guanidine groups is 1. The predicted octanol–water partition coefficient (Wildman–Crippen LogP) is 1.63. The van der Waals surface area contributed by atoms with E-state index in [-0.39, 0.29) is 0 Å². The summed E-state index contributed by atoms with van der Waals surface area (Å²) in [5.74, 6) is 1.43. The molecule has 1 heterocycles. The molecule has 1 aliphatic heterocycles. The van der Waals surface area contributed by atoms with Crippen molar-refractivity contribution in [3.05, 3.63) is 0 Å². The highest BCUT2D eigenvalue weighted by molar-refractivity contribution is 5.79. The summed E-state index contributed by atoms with van der Waals surface area (Å²) in [6, 6.07) is 0.518. The monoisotopic (exact) mass is 355 g/mol. The first-order chi connectivity index (χ1) is 12.0. The Morgan fingerprint density at radius 2 is 1.76 bits per heavy atom. The molecular weight excluding hydrogens is 314 g/mol. The van der Waals surface area contributed by atoms with Crippen molar-refractivity contribution in [2.45, 2.75) is 53.2 Å². The first-order valence-corrected chi connectivity index (χ1v) is 10.0. The highest BCUT2D eigenvalue weighted by atomic mass is 16.5. The van der Waals surface area contributed by atoms with E-state index in [1.807, 2.05) is 7.05 Å². The van der Waals surface area contributed by atoms with Crippen LogP contribution in [0.3, 0.4) is 0 Å². The number of hydrogen-bond donors (Lipinski definition) is 2. The lowest BCUT2D eigenvalue weighted by Crippen LogP contribution is -2.53. The van der Waals surface area contributed by atoms with E-state index in [2.05, 4.69) is 60.0 Å². The Morgan fingerprint density at radius 1 is 1.08 bits per heavy atom. The summed E-state index contributed by atoms with van der Waals surface area (Å²) in [4.78, 5) is 9.43. The van der Waals surface area contributed by atoms with E-state index in [9.17, 15) is 0 Å². The largest absolute Gasteiger partial charge is 0.378 e. The van der Waals surface area contributed by atoms with Crippen molar-refractivity contribution >= 4 is 5.96 Å². The molecule has 0 bridgehead atoms. The van der Waals surface area contributed by atoms with Gasteiger partial charge in [0, 0.05) is 59.0 Å². The van der Waals surface area contributed by atoms with Crippen LogP contribution < -0.4 is 10.6 Å². The summed E-state index contributed by atoms with van der Waals surface area (Å²) in [5, 5.41) is 6.89.